The number of carbonyl (C=O) groups excluding carboxylic acids is 2. The van der Waals surface area contributed by atoms with E-state index in [9.17, 15) is 18.4 Å². The van der Waals surface area contributed by atoms with Crippen LogP contribution in [0, 0.1) is 11.6 Å². The first kappa shape index (κ1) is 16.0. The topological polar surface area (TPSA) is 81.4 Å². The standard InChI is InChI=1S/C13H16F2N2O3/c1-20-13(19)12-9(14)6-8(7-10(12)15)3-5-17-11(18)2-4-16/h6-7H,2-5,16H2,1H3,(H,17,18). The van der Waals surface area contributed by atoms with Crippen LogP contribution in [0.3, 0.4) is 0 Å². The molecule has 0 aliphatic carbocycles. The fourth-order valence-corrected chi connectivity index (χ4v) is 1.63. The molecule has 1 aromatic rings. The number of ether oxygens (including phenoxy) is 1. The van der Waals surface area contributed by atoms with Crippen LogP contribution in [0.5, 0.6) is 0 Å². The Balaban J connectivity index is 2.70. The van der Waals surface area contributed by atoms with Gasteiger partial charge in [-0.25, -0.2) is 13.6 Å². The van der Waals surface area contributed by atoms with E-state index >= 15 is 0 Å². The summed E-state index contributed by atoms with van der Waals surface area (Å²) in [5, 5.41) is 2.56. The molecule has 1 aromatic carbocycles. The lowest BCUT2D eigenvalue weighted by Gasteiger charge is -2.07. The third-order valence-corrected chi connectivity index (χ3v) is 2.60. The van der Waals surface area contributed by atoms with Crippen LogP contribution < -0.4 is 11.1 Å². The number of amides is 1. The lowest BCUT2D eigenvalue weighted by Crippen LogP contribution is -2.27. The molecule has 0 radical (unpaired) electrons. The maximum absolute atomic E-state index is 13.6. The Morgan fingerprint density at radius 2 is 1.90 bits per heavy atom. The minimum atomic E-state index is -1.07. The van der Waals surface area contributed by atoms with Gasteiger partial charge in [-0.05, 0) is 24.1 Å². The van der Waals surface area contributed by atoms with Crippen molar-refractivity contribution in [3.8, 4) is 0 Å². The van der Waals surface area contributed by atoms with E-state index < -0.39 is 23.2 Å². The molecule has 0 aromatic heterocycles. The van der Waals surface area contributed by atoms with Crippen LogP contribution in [0.25, 0.3) is 0 Å². The summed E-state index contributed by atoms with van der Waals surface area (Å²) in [6.07, 6.45) is 0.440. The van der Waals surface area contributed by atoms with Crippen LogP contribution in [0.1, 0.15) is 22.3 Å². The number of esters is 1. The molecule has 20 heavy (non-hydrogen) atoms. The van der Waals surface area contributed by atoms with E-state index in [4.69, 9.17) is 5.73 Å². The molecule has 110 valence electrons. The van der Waals surface area contributed by atoms with Crippen LogP contribution in [-0.4, -0.2) is 32.1 Å². The first-order valence-corrected chi connectivity index (χ1v) is 6.02. The normalized spacial score (nSPS) is 10.2. The smallest absolute Gasteiger partial charge is 0.343 e. The Morgan fingerprint density at radius 3 is 2.40 bits per heavy atom. The number of nitrogens with one attached hydrogen (secondary N) is 1. The van der Waals surface area contributed by atoms with Crippen molar-refractivity contribution in [1.29, 1.82) is 0 Å². The van der Waals surface area contributed by atoms with Gasteiger partial charge in [-0.15, -0.1) is 0 Å². The monoisotopic (exact) mass is 286 g/mol. The van der Waals surface area contributed by atoms with Crippen LogP contribution >= 0.6 is 0 Å². The van der Waals surface area contributed by atoms with Crippen LogP contribution in [0.15, 0.2) is 12.1 Å². The average molecular weight is 286 g/mol. The van der Waals surface area contributed by atoms with Gasteiger partial charge in [0, 0.05) is 19.5 Å². The summed E-state index contributed by atoms with van der Waals surface area (Å²) in [5.41, 5.74) is 4.82. The predicted octanol–water partition coefficient (Wildman–Crippen LogP) is 0.759. The zero-order valence-electron chi connectivity index (χ0n) is 11.0. The second kappa shape index (κ2) is 7.54. The molecule has 1 amide bonds. The summed E-state index contributed by atoms with van der Waals surface area (Å²) in [6.45, 7) is 0.470. The van der Waals surface area contributed by atoms with Crippen molar-refractivity contribution in [2.24, 2.45) is 5.73 Å². The van der Waals surface area contributed by atoms with Gasteiger partial charge in [0.05, 0.1) is 7.11 Å². The second-order valence-corrected chi connectivity index (χ2v) is 4.06. The lowest BCUT2D eigenvalue weighted by atomic mass is 10.1. The molecule has 0 saturated heterocycles. The van der Waals surface area contributed by atoms with Crippen LogP contribution in [0.4, 0.5) is 8.78 Å². The van der Waals surface area contributed by atoms with Gasteiger partial charge >= 0.3 is 5.97 Å². The maximum Gasteiger partial charge on any atom is 0.343 e. The Labute approximate surface area is 115 Å². The molecular weight excluding hydrogens is 270 g/mol. The van der Waals surface area contributed by atoms with Crippen LogP contribution in [-0.2, 0) is 16.0 Å². The predicted molar refractivity (Wildman–Crippen MR) is 68.1 cm³/mol. The summed E-state index contributed by atoms with van der Waals surface area (Å²) in [7, 11) is 1.04. The van der Waals surface area contributed by atoms with Gasteiger partial charge in [-0.2, -0.15) is 0 Å². The summed E-state index contributed by atoms with van der Waals surface area (Å²) in [5.74, 6) is -3.26. The first-order valence-electron chi connectivity index (χ1n) is 6.02. The van der Waals surface area contributed by atoms with Gasteiger partial charge in [0.1, 0.15) is 17.2 Å². The molecule has 5 nitrogen and oxygen atoms in total. The molecule has 0 fully saturated rings. The molecule has 0 aliphatic heterocycles. The second-order valence-electron chi connectivity index (χ2n) is 4.06. The van der Waals surface area contributed by atoms with Gasteiger partial charge in [-0.1, -0.05) is 0 Å². The summed E-state index contributed by atoms with van der Waals surface area (Å²) >= 11 is 0. The third-order valence-electron chi connectivity index (χ3n) is 2.60. The van der Waals surface area contributed by atoms with E-state index in [0.29, 0.717) is 5.56 Å². The molecule has 0 bridgehead atoms. The highest BCUT2D eigenvalue weighted by Gasteiger charge is 2.19. The number of methoxy groups -OCH3 is 1. The number of halogens is 2. The Morgan fingerprint density at radius 1 is 1.30 bits per heavy atom. The van der Waals surface area contributed by atoms with Gasteiger partial charge in [0.25, 0.3) is 0 Å². The molecule has 3 N–H and O–H groups in total. The Kier molecular flexibility index (Phi) is 6.05. The average Bonchev–Trinajstić information content (AvgIpc) is 2.38. The minimum Gasteiger partial charge on any atom is -0.465 e. The SMILES string of the molecule is COC(=O)c1c(F)cc(CCNC(=O)CCN)cc1F. The molecule has 0 atom stereocenters. The molecule has 0 spiro atoms. The highest BCUT2D eigenvalue weighted by Crippen LogP contribution is 2.16. The molecule has 0 aliphatic rings. The fourth-order valence-electron chi connectivity index (χ4n) is 1.63. The Hall–Kier alpha value is -2.02. The summed E-state index contributed by atoms with van der Waals surface area (Å²) < 4.78 is 31.5. The summed E-state index contributed by atoms with van der Waals surface area (Å²) in [4.78, 5) is 22.3. The van der Waals surface area contributed by atoms with Crippen molar-refractivity contribution >= 4 is 11.9 Å². The first-order chi connectivity index (χ1) is 9.49. The highest BCUT2D eigenvalue weighted by molar-refractivity contribution is 5.90. The Bertz CT molecular complexity index is 483. The van der Waals surface area contributed by atoms with E-state index in [-0.39, 0.29) is 31.8 Å². The summed E-state index contributed by atoms with van der Waals surface area (Å²) in [6, 6.07) is 2.09. The number of rotatable bonds is 6. The van der Waals surface area contributed by atoms with Gasteiger partial charge < -0.3 is 15.8 Å². The molecule has 0 saturated carbocycles. The van der Waals surface area contributed by atoms with Gasteiger partial charge in [-0.3, -0.25) is 4.79 Å². The van der Waals surface area contributed by atoms with Crippen molar-refractivity contribution in [3.63, 3.8) is 0 Å². The molecule has 0 unspecified atom stereocenters. The van der Waals surface area contributed by atoms with Crippen LogP contribution in [0.2, 0.25) is 0 Å². The zero-order chi connectivity index (χ0) is 15.1. The van der Waals surface area contributed by atoms with E-state index in [1.165, 1.54) is 0 Å². The molecule has 7 heteroatoms. The number of nitrogens with two attached hydrogens (primary N) is 1. The third kappa shape index (κ3) is 4.27. The molecular formula is C13H16F2N2O3. The van der Waals surface area contributed by atoms with Crippen molar-refractivity contribution < 1.29 is 23.1 Å². The quantitative estimate of drug-likeness (QED) is 0.756. The number of hydrogen-bond acceptors (Lipinski definition) is 4. The van der Waals surface area contributed by atoms with E-state index in [2.05, 4.69) is 10.1 Å². The van der Waals surface area contributed by atoms with Gasteiger partial charge in [0.15, 0.2) is 0 Å². The minimum absolute atomic E-state index is 0.198. The highest BCUT2D eigenvalue weighted by atomic mass is 19.1. The number of carbonyl (C=O) groups is 2. The number of hydrogen-bond donors (Lipinski definition) is 2. The number of benzene rings is 1. The van der Waals surface area contributed by atoms with E-state index in [1.54, 1.807) is 0 Å². The molecule has 1 rings (SSSR count). The fraction of sp³-hybridized carbons (Fsp3) is 0.385. The lowest BCUT2D eigenvalue weighted by molar-refractivity contribution is -0.120. The zero-order valence-corrected chi connectivity index (χ0v) is 11.0. The van der Waals surface area contributed by atoms with Crippen molar-refractivity contribution in [2.45, 2.75) is 12.8 Å². The van der Waals surface area contributed by atoms with Crippen molar-refractivity contribution in [3.05, 3.63) is 34.9 Å². The van der Waals surface area contributed by atoms with Gasteiger partial charge in [0.2, 0.25) is 5.91 Å². The van der Waals surface area contributed by atoms with Crippen molar-refractivity contribution in [1.82, 2.24) is 5.32 Å². The van der Waals surface area contributed by atoms with E-state index in [1.807, 2.05) is 0 Å². The van der Waals surface area contributed by atoms with Crippen molar-refractivity contribution in [2.75, 3.05) is 20.2 Å². The maximum atomic E-state index is 13.6. The largest absolute Gasteiger partial charge is 0.465 e. The van der Waals surface area contributed by atoms with E-state index in [0.717, 1.165) is 19.2 Å². The molecule has 0 heterocycles.